The summed E-state index contributed by atoms with van der Waals surface area (Å²) in [5.74, 6) is 0.514. The molecule has 1 aromatic heterocycles. The highest BCUT2D eigenvalue weighted by atomic mass is 32.2. The second kappa shape index (κ2) is 12.6. The van der Waals surface area contributed by atoms with Gasteiger partial charge in [0.15, 0.2) is 9.92 Å². The Morgan fingerprint density at radius 2 is 1.55 bits per heavy atom. The highest BCUT2D eigenvalue weighted by Crippen LogP contribution is 2.42. The van der Waals surface area contributed by atoms with Gasteiger partial charge in [-0.05, 0) is 58.2 Å². The minimum absolute atomic E-state index is 0.189. The first-order valence-corrected chi connectivity index (χ1v) is 18.4. The molecule has 4 aromatic carbocycles. The van der Waals surface area contributed by atoms with Gasteiger partial charge in [0.05, 0.1) is 19.3 Å². The van der Waals surface area contributed by atoms with E-state index in [-0.39, 0.29) is 17.2 Å². The zero-order valence-electron chi connectivity index (χ0n) is 27.3. The van der Waals surface area contributed by atoms with Crippen LogP contribution in [0.25, 0.3) is 0 Å². The van der Waals surface area contributed by atoms with E-state index in [1.54, 1.807) is 4.68 Å². The van der Waals surface area contributed by atoms with Crippen LogP contribution in [-0.4, -0.2) is 32.8 Å². The van der Waals surface area contributed by atoms with E-state index in [2.05, 4.69) is 32.5 Å². The number of fused-ring (bicyclic) bond motifs is 3. The van der Waals surface area contributed by atoms with E-state index in [0.717, 1.165) is 58.2 Å². The summed E-state index contributed by atoms with van der Waals surface area (Å²) in [7, 11) is -3.86. The molecule has 5 aromatic rings. The van der Waals surface area contributed by atoms with Crippen LogP contribution in [0.15, 0.2) is 113 Å². The van der Waals surface area contributed by atoms with Crippen molar-refractivity contribution in [2.45, 2.75) is 62.2 Å². The first kappa shape index (κ1) is 31.5. The van der Waals surface area contributed by atoms with Gasteiger partial charge < -0.3 is 10.1 Å². The van der Waals surface area contributed by atoms with Gasteiger partial charge in [0.2, 0.25) is 5.88 Å². The number of nitrogens with zero attached hydrogens (tertiary/aromatic N) is 3. The van der Waals surface area contributed by atoms with Crippen LogP contribution in [0, 0.1) is 5.92 Å². The normalized spacial score (nSPS) is 19.2. The minimum atomic E-state index is -3.86. The number of ether oxygens (including phenoxy) is 1. The predicted molar refractivity (Wildman–Crippen MR) is 188 cm³/mol. The molecule has 8 nitrogen and oxygen atoms in total. The van der Waals surface area contributed by atoms with Crippen LogP contribution in [0.4, 0.5) is 14.9 Å². The molecule has 3 aliphatic rings. The van der Waals surface area contributed by atoms with E-state index >= 15 is 4.21 Å². The molecule has 10 heteroatoms. The zero-order chi connectivity index (χ0) is 33.6. The lowest BCUT2D eigenvalue weighted by atomic mass is 9.78. The second-order valence-electron chi connectivity index (χ2n) is 13.3. The number of carbonyl (C=O) groups excluding carboxylic acids is 1. The lowest BCUT2D eigenvalue weighted by molar-refractivity contribution is 0.170. The molecule has 2 aliphatic carbocycles. The first-order valence-electron chi connectivity index (χ1n) is 16.9. The van der Waals surface area contributed by atoms with Gasteiger partial charge in [-0.1, -0.05) is 104 Å². The van der Waals surface area contributed by atoms with Crippen molar-refractivity contribution in [2.24, 2.45) is 10.3 Å². The van der Waals surface area contributed by atoms with Crippen LogP contribution in [0.5, 0.6) is 5.88 Å². The fraction of sp³-hybridized carbons (Fsp3) is 0.282. The van der Waals surface area contributed by atoms with Crippen molar-refractivity contribution >= 4 is 21.6 Å². The molecule has 250 valence electrons. The van der Waals surface area contributed by atoms with Crippen molar-refractivity contribution in [2.75, 3.05) is 11.9 Å². The number of rotatable bonds is 7. The van der Waals surface area contributed by atoms with E-state index < -0.39 is 27.7 Å². The smallest absolute Gasteiger partial charge is 0.354 e. The topological polar surface area (TPSA) is 97.6 Å². The SMILES string of the molecule is C[C@@H]1COc2c(S(=O)(=NC(=O)Nc3c4c(cc5c3C[C@H](F)C5)CCC4)NC(c3ccccc3)(c3ccccc3)c3ccccc3)cnn2C1. The summed E-state index contributed by atoms with van der Waals surface area (Å²) in [6, 6.07) is 30.6. The second-order valence-corrected chi connectivity index (χ2v) is 15.2. The summed E-state index contributed by atoms with van der Waals surface area (Å²) in [5.41, 5.74) is 5.68. The molecule has 0 fully saturated rings. The Kier molecular flexibility index (Phi) is 8.08. The van der Waals surface area contributed by atoms with Crippen LogP contribution in [0.2, 0.25) is 0 Å². The third-order valence-corrected chi connectivity index (χ3v) is 11.8. The van der Waals surface area contributed by atoms with Crippen molar-refractivity contribution < 1.29 is 18.1 Å². The Labute approximate surface area is 286 Å². The fourth-order valence-electron chi connectivity index (χ4n) is 7.66. The molecule has 2 heterocycles. The number of halogens is 1. The largest absolute Gasteiger partial charge is 0.477 e. The standard InChI is InChI=1S/C39H38FN5O3S/c1-26-24-45-37(48-25-26)35(23-41-45)49(47,43-38(46)42-36-33-19-11-12-27(33)20-28-21-32(40)22-34(28)36)44-39(29-13-5-2-6-14-29,30-15-7-3-8-16-30)31-17-9-4-10-18-31/h2-10,13-18,20,23,26,32H,11-12,19,21-22,24-25H2,1H3,(H2,42,43,44,46,47)/t26-,32+,49?/m0/s1. The zero-order valence-corrected chi connectivity index (χ0v) is 28.1. The minimum Gasteiger partial charge on any atom is -0.477 e. The van der Waals surface area contributed by atoms with E-state index in [1.807, 2.05) is 91.0 Å². The van der Waals surface area contributed by atoms with E-state index in [9.17, 15) is 9.18 Å². The van der Waals surface area contributed by atoms with Gasteiger partial charge in [0, 0.05) is 24.4 Å². The fourth-order valence-corrected chi connectivity index (χ4v) is 9.56. The van der Waals surface area contributed by atoms with Crippen LogP contribution in [-0.2, 0) is 47.7 Å². The summed E-state index contributed by atoms with van der Waals surface area (Å²) < 4.78 is 46.5. The maximum atomic E-state index is 15.9. The molecule has 8 rings (SSSR count). The predicted octanol–water partition coefficient (Wildman–Crippen LogP) is 7.39. The summed E-state index contributed by atoms with van der Waals surface area (Å²) >= 11 is 0. The average Bonchev–Trinajstić information content (AvgIpc) is 3.86. The highest BCUT2D eigenvalue weighted by molar-refractivity contribution is 7.92. The molecule has 1 aliphatic heterocycles. The molecule has 3 atom stereocenters. The summed E-state index contributed by atoms with van der Waals surface area (Å²) in [5, 5.41) is 7.57. The molecule has 2 amide bonds. The molecule has 0 saturated heterocycles. The summed E-state index contributed by atoms with van der Waals surface area (Å²) in [6.07, 6.45) is 3.67. The Morgan fingerprint density at radius 1 is 0.918 bits per heavy atom. The molecule has 0 radical (unpaired) electrons. The van der Waals surface area contributed by atoms with Gasteiger partial charge in [-0.25, -0.2) is 22.8 Å². The molecular weight excluding hydrogens is 638 g/mol. The van der Waals surface area contributed by atoms with Crippen LogP contribution >= 0.6 is 0 Å². The van der Waals surface area contributed by atoms with E-state index in [1.165, 1.54) is 6.20 Å². The monoisotopic (exact) mass is 675 g/mol. The molecule has 1 unspecified atom stereocenters. The lowest BCUT2D eigenvalue weighted by Crippen LogP contribution is -2.48. The van der Waals surface area contributed by atoms with Gasteiger partial charge in [-0.3, -0.25) is 0 Å². The van der Waals surface area contributed by atoms with Gasteiger partial charge in [0.25, 0.3) is 0 Å². The van der Waals surface area contributed by atoms with Crippen molar-refractivity contribution in [1.82, 2.24) is 14.5 Å². The van der Waals surface area contributed by atoms with Gasteiger partial charge in [-0.2, -0.15) is 5.10 Å². The molecule has 0 saturated carbocycles. The number of nitrogens with one attached hydrogen (secondary N) is 2. The van der Waals surface area contributed by atoms with Crippen molar-refractivity contribution in [1.29, 1.82) is 0 Å². The number of hydrogen-bond donors (Lipinski definition) is 2. The molecule has 0 spiro atoms. The third-order valence-electron chi connectivity index (χ3n) is 9.87. The van der Waals surface area contributed by atoms with E-state index in [0.29, 0.717) is 31.1 Å². The van der Waals surface area contributed by atoms with Gasteiger partial charge in [-0.15, -0.1) is 4.36 Å². The number of alkyl halides is 1. The summed E-state index contributed by atoms with van der Waals surface area (Å²) in [6.45, 7) is 3.04. The quantitative estimate of drug-likeness (QED) is 0.176. The van der Waals surface area contributed by atoms with Crippen LogP contribution < -0.4 is 14.8 Å². The Hall–Kier alpha value is -4.80. The number of aryl methyl sites for hydroxylation is 1. The molecular formula is C39H38FN5O3S. The number of aromatic nitrogens is 2. The number of amides is 2. The van der Waals surface area contributed by atoms with Crippen LogP contribution in [0.1, 0.15) is 52.3 Å². The third kappa shape index (κ3) is 5.62. The number of hydrogen-bond acceptors (Lipinski definition) is 4. The molecule has 2 N–H and O–H groups in total. The average molecular weight is 676 g/mol. The number of carbonyl (C=O) groups is 1. The first-order chi connectivity index (χ1) is 23.8. The maximum Gasteiger partial charge on any atom is 0.354 e. The number of anilines is 1. The van der Waals surface area contributed by atoms with Gasteiger partial charge in [0.1, 0.15) is 16.6 Å². The maximum absolute atomic E-state index is 15.9. The van der Waals surface area contributed by atoms with Crippen molar-refractivity contribution in [3.05, 3.63) is 142 Å². The molecule has 49 heavy (non-hydrogen) atoms. The van der Waals surface area contributed by atoms with E-state index in [4.69, 9.17) is 4.74 Å². The van der Waals surface area contributed by atoms with Crippen LogP contribution in [0.3, 0.4) is 0 Å². The Bertz CT molecular complexity index is 2050. The lowest BCUT2D eigenvalue weighted by Gasteiger charge is -2.37. The highest BCUT2D eigenvalue weighted by Gasteiger charge is 2.42. The number of urea groups is 1. The molecule has 0 bridgehead atoms. The van der Waals surface area contributed by atoms with Gasteiger partial charge >= 0.3 is 6.03 Å². The van der Waals surface area contributed by atoms with Crippen molar-refractivity contribution in [3.8, 4) is 5.88 Å². The Balaban J connectivity index is 1.33. The van der Waals surface area contributed by atoms with Crippen molar-refractivity contribution in [3.63, 3.8) is 0 Å². The number of benzene rings is 4. The summed E-state index contributed by atoms with van der Waals surface area (Å²) in [4.78, 5) is 14.5. The Morgan fingerprint density at radius 3 is 2.18 bits per heavy atom.